The Morgan fingerprint density at radius 3 is 2.89 bits per heavy atom. The Balaban J connectivity index is 2.31. The van der Waals surface area contributed by atoms with Crippen molar-refractivity contribution in [2.24, 2.45) is 0 Å². The number of unbranched alkanes of at least 4 members (excludes halogenated alkanes) is 1. The fourth-order valence-corrected chi connectivity index (χ4v) is 3.05. The lowest BCUT2D eigenvalue weighted by Crippen LogP contribution is -2.25. The van der Waals surface area contributed by atoms with Crippen LogP contribution >= 0.6 is 0 Å². The van der Waals surface area contributed by atoms with Gasteiger partial charge in [0.05, 0.1) is 16.5 Å². The van der Waals surface area contributed by atoms with Crippen molar-refractivity contribution in [1.82, 2.24) is 9.71 Å². The first-order chi connectivity index (χ1) is 9.15. The van der Waals surface area contributed by atoms with Crippen LogP contribution in [0.5, 0.6) is 0 Å². The van der Waals surface area contributed by atoms with E-state index in [0.29, 0.717) is 23.7 Å². The van der Waals surface area contributed by atoms with Crippen molar-refractivity contribution in [3.8, 4) is 6.07 Å². The van der Waals surface area contributed by atoms with Crippen molar-refractivity contribution in [1.29, 1.82) is 5.26 Å². The van der Waals surface area contributed by atoms with E-state index in [0.717, 1.165) is 0 Å². The fourth-order valence-electron chi connectivity index (χ4n) is 1.76. The molecule has 5 nitrogen and oxygen atoms in total. The number of pyridine rings is 1. The minimum atomic E-state index is -3.57. The lowest BCUT2D eigenvalue weighted by molar-refractivity contribution is 0.580. The summed E-state index contributed by atoms with van der Waals surface area (Å²) in [5.74, 6) is 0. The van der Waals surface area contributed by atoms with Crippen molar-refractivity contribution < 1.29 is 8.42 Å². The number of nitrogens with zero attached hydrogens (tertiary/aromatic N) is 2. The van der Waals surface area contributed by atoms with Crippen LogP contribution in [0.4, 0.5) is 0 Å². The van der Waals surface area contributed by atoms with Gasteiger partial charge in [-0.25, -0.2) is 13.1 Å². The first kappa shape index (κ1) is 13.5. The second kappa shape index (κ2) is 5.78. The number of benzene rings is 1. The summed E-state index contributed by atoms with van der Waals surface area (Å²) in [6, 6.07) is 10.4. The van der Waals surface area contributed by atoms with Crippen molar-refractivity contribution in [2.75, 3.05) is 6.54 Å². The van der Waals surface area contributed by atoms with Crippen molar-refractivity contribution in [2.45, 2.75) is 17.7 Å². The maximum atomic E-state index is 12.2. The lowest BCUT2D eigenvalue weighted by atomic mass is 10.2. The Labute approximate surface area is 111 Å². The summed E-state index contributed by atoms with van der Waals surface area (Å²) in [4.78, 5) is 4.35. The lowest BCUT2D eigenvalue weighted by Gasteiger charge is -2.08. The summed E-state index contributed by atoms with van der Waals surface area (Å²) in [6.45, 7) is 0.256. The van der Waals surface area contributed by atoms with E-state index in [1.165, 1.54) is 0 Å². The SMILES string of the molecule is N#CCCCNS(=O)(=O)c1cccc2ncccc12. The van der Waals surface area contributed by atoms with Gasteiger partial charge in [-0.3, -0.25) is 4.98 Å². The van der Waals surface area contributed by atoms with E-state index in [-0.39, 0.29) is 11.4 Å². The van der Waals surface area contributed by atoms with Gasteiger partial charge in [0.1, 0.15) is 0 Å². The number of aromatic nitrogens is 1. The van der Waals surface area contributed by atoms with Gasteiger partial charge in [0.15, 0.2) is 0 Å². The molecule has 2 rings (SSSR count). The van der Waals surface area contributed by atoms with Gasteiger partial charge < -0.3 is 0 Å². The van der Waals surface area contributed by atoms with E-state index in [2.05, 4.69) is 9.71 Å². The van der Waals surface area contributed by atoms with E-state index >= 15 is 0 Å². The number of hydrogen-bond acceptors (Lipinski definition) is 4. The van der Waals surface area contributed by atoms with Gasteiger partial charge >= 0.3 is 0 Å². The molecule has 0 saturated carbocycles. The minimum absolute atomic E-state index is 0.218. The van der Waals surface area contributed by atoms with Gasteiger partial charge in [0, 0.05) is 24.5 Å². The highest BCUT2D eigenvalue weighted by molar-refractivity contribution is 7.89. The summed E-state index contributed by atoms with van der Waals surface area (Å²) in [5.41, 5.74) is 0.641. The number of nitriles is 1. The van der Waals surface area contributed by atoms with Crippen LogP contribution in [-0.4, -0.2) is 19.9 Å². The molecule has 0 unspecified atom stereocenters. The molecule has 1 aromatic heterocycles. The zero-order chi connectivity index (χ0) is 13.7. The van der Waals surface area contributed by atoms with Crippen molar-refractivity contribution in [3.05, 3.63) is 36.5 Å². The predicted molar refractivity (Wildman–Crippen MR) is 71.8 cm³/mol. The molecule has 0 saturated heterocycles. The largest absolute Gasteiger partial charge is 0.256 e. The Kier molecular flexibility index (Phi) is 4.10. The predicted octanol–water partition coefficient (Wildman–Crippen LogP) is 1.82. The molecule has 0 radical (unpaired) electrons. The molecule has 0 atom stereocenters. The van der Waals surface area contributed by atoms with Crippen molar-refractivity contribution >= 4 is 20.9 Å². The summed E-state index contributed by atoms with van der Waals surface area (Å²) in [7, 11) is -3.57. The molecule has 0 aliphatic carbocycles. The Morgan fingerprint density at radius 2 is 2.11 bits per heavy atom. The Morgan fingerprint density at radius 1 is 1.26 bits per heavy atom. The first-order valence-corrected chi connectivity index (χ1v) is 7.34. The molecule has 0 bridgehead atoms. The average molecular weight is 275 g/mol. The fraction of sp³-hybridized carbons (Fsp3) is 0.231. The third kappa shape index (κ3) is 3.08. The standard InChI is InChI=1S/C13H13N3O2S/c14-8-1-2-10-16-19(17,18)13-7-3-6-12-11(13)5-4-9-15-12/h3-7,9,16H,1-2,10H2. The van der Waals surface area contributed by atoms with Gasteiger partial charge in [0.25, 0.3) is 0 Å². The highest BCUT2D eigenvalue weighted by Gasteiger charge is 2.16. The van der Waals surface area contributed by atoms with Gasteiger partial charge in [0.2, 0.25) is 10.0 Å². The number of fused-ring (bicyclic) bond motifs is 1. The molecule has 0 aliphatic heterocycles. The van der Waals surface area contributed by atoms with Crippen LogP contribution in [0.3, 0.4) is 0 Å². The van der Waals surface area contributed by atoms with E-state index in [1.807, 2.05) is 6.07 Å². The van der Waals surface area contributed by atoms with Gasteiger partial charge in [-0.05, 0) is 30.7 Å². The third-order valence-electron chi connectivity index (χ3n) is 2.65. The average Bonchev–Trinajstić information content (AvgIpc) is 2.43. The number of sulfonamides is 1. The Bertz CT molecular complexity index is 715. The van der Waals surface area contributed by atoms with E-state index in [1.54, 1.807) is 36.5 Å². The third-order valence-corrected chi connectivity index (χ3v) is 4.17. The second-order valence-electron chi connectivity index (χ2n) is 3.99. The number of hydrogen-bond donors (Lipinski definition) is 1. The maximum Gasteiger partial charge on any atom is 0.241 e. The van der Waals surface area contributed by atoms with Crippen LogP contribution in [-0.2, 0) is 10.0 Å². The normalized spacial score (nSPS) is 11.3. The van der Waals surface area contributed by atoms with E-state index < -0.39 is 10.0 Å². The molecular formula is C13H13N3O2S. The summed E-state index contributed by atoms with van der Waals surface area (Å²) in [6.07, 6.45) is 2.46. The van der Waals surface area contributed by atoms with Crippen LogP contribution < -0.4 is 4.72 Å². The highest BCUT2D eigenvalue weighted by Crippen LogP contribution is 2.20. The van der Waals surface area contributed by atoms with Gasteiger partial charge in [-0.2, -0.15) is 5.26 Å². The minimum Gasteiger partial charge on any atom is -0.256 e. The van der Waals surface area contributed by atoms with Crippen LogP contribution in [0.2, 0.25) is 0 Å². The number of nitrogens with one attached hydrogen (secondary N) is 1. The van der Waals surface area contributed by atoms with Crippen LogP contribution in [0.15, 0.2) is 41.4 Å². The molecule has 6 heteroatoms. The molecule has 0 fully saturated rings. The highest BCUT2D eigenvalue weighted by atomic mass is 32.2. The van der Waals surface area contributed by atoms with Crippen molar-refractivity contribution in [3.63, 3.8) is 0 Å². The van der Waals surface area contributed by atoms with E-state index in [4.69, 9.17) is 5.26 Å². The molecule has 0 amide bonds. The van der Waals surface area contributed by atoms with Crippen LogP contribution in [0, 0.1) is 11.3 Å². The zero-order valence-corrected chi connectivity index (χ0v) is 11.0. The first-order valence-electron chi connectivity index (χ1n) is 5.85. The number of rotatable bonds is 5. The molecule has 19 heavy (non-hydrogen) atoms. The zero-order valence-electron chi connectivity index (χ0n) is 10.2. The molecule has 2 aromatic rings. The monoisotopic (exact) mass is 275 g/mol. The summed E-state index contributed by atoms with van der Waals surface area (Å²) >= 11 is 0. The molecular weight excluding hydrogens is 262 g/mol. The Hall–Kier alpha value is -1.97. The molecule has 1 aromatic carbocycles. The molecule has 1 N–H and O–H groups in total. The molecule has 98 valence electrons. The van der Waals surface area contributed by atoms with Crippen LogP contribution in [0.1, 0.15) is 12.8 Å². The smallest absolute Gasteiger partial charge is 0.241 e. The summed E-state index contributed by atoms with van der Waals surface area (Å²) in [5, 5.41) is 9.01. The van der Waals surface area contributed by atoms with Gasteiger partial charge in [-0.15, -0.1) is 0 Å². The van der Waals surface area contributed by atoms with Gasteiger partial charge in [-0.1, -0.05) is 6.07 Å². The second-order valence-corrected chi connectivity index (χ2v) is 5.72. The topological polar surface area (TPSA) is 82.9 Å². The van der Waals surface area contributed by atoms with E-state index in [9.17, 15) is 8.42 Å². The summed E-state index contributed by atoms with van der Waals surface area (Å²) < 4.78 is 26.9. The van der Waals surface area contributed by atoms with Crippen LogP contribution in [0.25, 0.3) is 10.9 Å². The molecule has 0 aliphatic rings. The maximum absolute atomic E-state index is 12.2. The quantitative estimate of drug-likeness (QED) is 0.844. The molecule has 1 heterocycles. The molecule has 0 spiro atoms.